The molecular formula is C18H30O4Si. The molecule has 4 nitrogen and oxygen atoms in total. The Kier molecular flexibility index (Phi) is 7.44. The Labute approximate surface area is 140 Å². The van der Waals surface area contributed by atoms with E-state index in [9.17, 15) is 9.90 Å². The molecule has 130 valence electrons. The van der Waals surface area contributed by atoms with Crippen molar-refractivity contribution in [3.8, 4) is 0 Å². The van der Waals surface area contributed by atoms with Gasteiger partial charge < -0.3 is 14.3 Å². The summed E-state index contributed by atoms with van der Waals surface area (Å²) in [6, 6.07) is 9.77. The first kappa shape index (κ1) is 19.9. The molecule has 0 spiro atoms. The molecule has 0 aromatic heterocycles. The lowest BCUT2D eigenvalue weighted by Gasteiger charge is -2.36. The van der Waals surface area contributed by atoms with Crippen LogP contribution in [0.3, 0.4) is 0 Å². The highest BCUT2D eigenvalue weighted by molar-refractivity contribution is 6.74. The van der Waals surface area contributed by atoms with E-state index in [4.69, 9.17) is 9.16 Å². The van der Waals surface area contributed by atoms with Crippen LogP contribution in [0.5, 0.6) is 0 Å². The van der Waals surface area contributed by atoms with Crippen LogP contribution in [0.2, 0.25) is 18.1 Å². The van der Waals surface area contributed by atoms with Gasteiger partial charge in [0, 0.05) is 6.61 Å². The number of carboxylic acid groups (broad SMARTS) is 1. The van der Waals surface area contributed by atoms with Crippen molar-refractivity contribution in [3.63, 3.8) is 0 Å². The zero-order valence-corrected chi connectivity index (χ0v) is 16.0. The quantitative estimate of drug-likeness (QED) is 0.681. The number of rotatable bonds is 9. The summed E-state index contributed by atoms with van der Waals surface area (Å²) in [6.45, 7) is 12.0. The Balaban J connectivity index is 2.39. The van der Waals surface area contributed by atoms with Gasteiger partial charge in [0.25, 0.3) is 0 Å². The zero-order chi connectivity index (χ0) is 17.5. The van der Waals surface area contributed by atoms with Crippen molar-refractivity contribution in [2.75, 3.05) is 13.2 Å². The normalized spacial score (nSPS) is 13.8. The van der Waals surface area contributed by atoms with Crippen LogP contribution in [0.1, 0.15) is 32.8 Å². The Morgan fingerprint density at radius 1 is 1.22 bits per heavy atom. The van der Waals surface area contributed by atoms with Crippen molar-refractivity contribution in [2.45, 2.75) is 51.9 Å². The molecule has 1 atom stereocenters. The predicted molar refractivity (Wildman–Crippen MR) is 95.0 cm³/mol. The molecule has 0 heterocycles. The first-order valence-electron chi connectivity index (χ1n) is 8.12. The summed E-state index contributed by atoms with van der Waals surface area (Å²) in [5.74, 6) is -1.35. The van der Waals surface area contributed by atoms with E-state index in [-0.39, 0.29) is 11.6 Å². The second-order valence-corrected chi connectivity index (χ2v) is 12.2. The summed E-state index contributed by atoms with van der Waals surface area (Å²) < 4.78 is 11.6. The third-order valence-corrected chi connectivity index (χ3v) is 9.05. The highest BCUT2D eigenvalue weighted by atomic mass is 28.4. The molecule has 5 heteroatoms. The number of ether oxygens (including phenoxy) is 1. The number of hydrogen-bond acceptors (Lipinski definition) is 3. The molecule has 0 saturated carbocycles. The van der Waals surface area contributed by atoms with E-state index in [2.05, 4.69) is 33.9 Å². The van der Waals surface area contributed by atoms with E-state index in [1.807, 2.05) is 30.3 Å². The summed E-state index contributed by atoms with van der Waals surface area (Å²) in [5.41, 5.74) is 1.05. The van der Waals surface area contributed by atoms with Gasteiger partial charge in [0.05, 0.1) is 19.1 Å². The second-order valence-electron chi connectivity index (χ2n) is 7.43. The van der Waals surface area contributed by atoms with Crippen molar-refractivity contribution in [2.24, 2.45) is 5.92 Å². The third-order valence-electron chi connectivity index (χ3n) is 4.52. The monoisotopic (exact) mass is 338 g/mol. The fourth-order valence-corrected chi connectivity index (χ4v) is 2.91. The summed E-state index contributed by atoms with van der Waals surface area (Å²) in [7, 11) is -1.82. The molecule has 0 fully saturated rings. The lowest BCUT2D eigenvalue weighted by molar-refractivity contribution is -0.144. The van der Waals surface area contributed by atoms with Gasteiger partial charge >= 0.3 is 5.97 Å². The molecule has 0 bridgehead atoms. The summed E-state index contributed by atoms with van der Waals surface area (Å²) >= 11 is 0. The maximum Gasteiger partial charge on any atom is 0.308 e. The summed E-state index contributed by atoms with van der Waals surface area (Å²) in [6.07, 6.45) is 0.483. The lowest BCUT2D eigenvalue weighted by atomic mass is 10.1. The highest BCUT2D eigenvalue weighted by Gasteiger charge is 2.37. The van der Waals surface area contributed by atoms with Crippen molar-refractivity contribution in [1.29, 1.82) is 0 Å². The van der Waals surface area contributed by atoms with Crippen LogP contribution >= 0.6 is 0 Å². The predicted octanol–water partition coefficient (Wildman–Crippen LogP) is 4.32. The maximum atomic E-state index is 11.4. The minimum atomic E-state index is -1.82. The maximum absolute atomic E-state index is 11.4. The SMILES string of the molecule is CC(C)(C)[Si](C)(C)OCCC(COCc1ccccc1)C(=O)O. The molecule has 1 N–H and O–H groups in total. The van der Waals surface area contributed by atoms with E-state index in [0.717, 1.165) is 5.56 Å². The van der Waals surface area contributed by atoms with Crippen LogP contribution in [-0.2, 0) is 20.6 Å². The van der Waals surface area contributed by atoms with Crippen molar-refractivity contribution < 1.29 is 19.1 Å². The Morgan fingerprint density at radius 3 is 2.35 bits per heavy atom. The van der Waals surface area contributed by atoms with Crippen LogP contribution in [0.4, 0.5) is 0 Å². The van der Waals surface area contributed by atoms with E-state index < -0.39 is 20.2 Å². The topological polar surface area (TPSA) is 55.8 Å². The summed E-state index contributed by atoms with van der Waals surface area (Å²) in [5, 5.41) is 9.47. The summed E-state index contributed by atoms with van der Waals surface area (Å²) in [4.78, 5) is 11.4. The van der Waals surface area contributed by atoms with Crippen molar-refractivity contribution in [3.05, 3.63) is 35.9 Å². The first-order chi connectivity index (χ1) is 10.6. The Bertz CT molecular complexity index is 480. The number of benzene rings is 1. The zero-order valence-electron chi connectivity index (χ0n) is 15.0. The molecule has 0 aliphatic rings. The molecule has 23 heavy (non-hydrogen) atoms. The molecule has 1 aromatic carbocycles. The van der Waals surface area contributed by atoms with E-state index in [1.54, 1.807) is 0 Å². The van der Waals surface area contributed by atoms with Gasteiger partial charge in [-0.2, -0.15) is 0 Å². The number of carboxylic acids is 1. The molecule has 1 aromatic rings. The van der Waals surface area contributed by atoms with Crippen LogP contribution < -0.4 is 0 Å². The fourth-order valence-electron chi connectivity index (χ4n) is 1.84. The van der Waals surface area contributed by atoms with Crippen LogP contribution in [0.15, 0.2) is 30.3 Å². The molecule has 1 rings (SSSR count). The van der Waals surface area contributed by atoms with E-state index >= 15 is 0 Å². The van der Waals surface area contributed by atoms with Gasteiger partial charge in [-0.3, -0.25) is 4.79 Å². The third kappa shape index (κ3) is 6.85. The molecule has 0 aliphatic heterocycles. The van der Waals surface area contributed by atoms with Gasteiger partial charge in [0.2, 0.25) is 0 Å². The molecule has 0 aliphatic carbocycles. The smallest absolute Gasteiger partial charge is 0.308 e. The van der Waals surface area contributed by atoms with Crippen LogP contribution in [-0.4, -0.2) is 32.6 Å². The van der Waals surface area contributed by atoms with Crippen molar-refractivity contribution in [1.82, 2.24) is 0 Å². The van der Waals surface area contributed by atoms with Crippen LogP contribution in [0, 0.1) is 5.92 Å². The molecule has 0 radical (unpaired) electrons. The number of carbonyl (C=O) groups is 1. The largest absolute Gasteiger partial charge is 0.481 e. The Hall–Kier alpha value is -1.17. The Morgan fingerprint density at radius 2 is 1.83 bits per heavy atom. The van der Waals surface area contributed by atoms with Gasteiger partial charge in [-0.15, -0.1) is 0 Å². The van der Waals surface area contributed by atoms with Gasteiger partial charge in [-0.25, -0.2) is 0 Å². The minimum Gasteiger partial charge on any atom is -0.481 e. The number of hydrogen-bond donors (Lipinski definition) is 1. The molecule has 0 amide bonds. The molecular weight excluding hydrogens is 308 g/mol. The van der Waals surface area contributed by atoms with Crippen LogP contribution in [0.25, 0.3) is 0 Å². The lowest BCUT2D eigenvalue weighted by Crippen LogP contribution is -2.41. The standard InChI is InChI=1S/C18H30O4Si/c1-18(2,3)23(4,5)22-12-11-16(17(19)20)14-21-13-15-9-7-6-8-10-15/h6-10,16H,11-14H2,1-5H3,(H,19,20). The molecule has 1 unspecified atom stereocenters. The van der Waals surface area contributed by atoms with E-state index in [0.29, 0.717) is 19.6 Å². The average molecular weight is 339 g/mol. The molecule has 0 saturated heterocycles. The van der Waals surface area contributed by atoms with Gasteiger partial charge in [-0.1, -0.05) is 51.1 Å². The highest BCUT2D eigenvalue weighted by Crippen LogP contribution is 2.36. The first-order valence-corrected chi connectivity index (χ1v) is 11.0. The minimum absolute atomic E-state index is 0.134. The van der Waals surface area contributed by atoms with Crippen molar-refractivity contribution >= 4 is 14.3 Å². The van der Waals surface area contributed by atoms with Gasteiger partial charge in [0.15, 0.2) is 8.32 Å². The average Bonchev–Trinajstić information content (AvgIpc) is 2.45. The van der Waals surface area contributed by atoms with Gasteiger partial charge in [-0.05, 0) is 30.1 Å². The van der Waals surface area contributed by atoms with Gasteiger partial charge in [0.1, 0.15) is 0 Å². The fraction of sp³-hybridized carbons (Fsp3) is 0.611. The van der Waals surface area contributed by atoms with E-state index in [1.165, 1.54) is 0 Å². The number of aliphatic carboxylic acids is 1. The second kappa shape index (κ2) is 8.62.